The van der Waals surface area contributed by atoms with E-state index in [1.165, 1.54) is 6.92 Å². The Bertz CT molecular complexity index is 637. The maximum atomic E-state index is 13.8. The molecule has 1 amide bonds. The Balaban J connectivity index is 2.97. The number of nitrogen functional groups attached to an aromatic ring is 1. The molecule has 118 valence electrons. The van der Waals surface area contributed by atoms with Crippen molar-refractivity contribution in [1.29, 1.82) is 0 Å². The highest BCUT2D eigenvalue weighted by Gasteiger charge is 2.25. The zero-order valence-electron chi connectivity index (χ0n) is 11.6. The Hall–Kier alpha value is -1.19. The summed E-state index contributed by atoms with van der Waals surface area (Å²) >= 11 is 3.01. The van der Waals surface area contributed by atoms with E-state index in [2.05, 4.69) is 26.0 Å². The second kappa shape index (κ2) is 7.19. The van der Waals surface area contributed by atoms with Crippen molar-refractivity contribution in [3.05, 3.63) is 22.4 Å². The Kier molecular flexibility index (Phi) is 6.11. The van der Waals surface area contributed by atoms with Gasteiger partial charge in [0.25, 0.3) is 0 Å². The number of rotatable bonds is 6. The molecule has 1 aromatic rings. The summed E-state index contributed by atoms with van der Waals surface area (Å²) in [7, 11) is -4.19. The van der Waals surface area contributed by atoms with E-state index in [0.717, 1.165) is 18.6 Å². The van der Waals surface area contributed by atoms with Crippen LogP contribution < -0.4 is 15.8 Å². The maximum Gasteiger partial charge on any atom is 0.244 e. The summed E-state index contributed by atoms with van der Waals surface area (Å²) in [5.74, 6) is -1.43. The molecule has 1 unspecified atom stereocenters. The van der Waals surface area contributed by atoms with Crippen LogP contribution in [0.4, 0.5) is 10.1 Å². The lowest BCUT2D eigenvalue weighted by Gasteiger charge is -2.15. The van der Waals surface area contributed by atoms with Gasteiger partial charge in [-0.25, -0.2) is 12.8 Å². The van der Waals surface area contributed by atoms with Crippen LogP contribution in [0.25, 0.3) is 0 Å². The van der Waals surface area contributed by atoms with Gasteiger partial charge in [-0.3, -0.25) is 4.79 Å². The molecule has 0 aliphatic carbocycles. The highest BCUT2D eigenvalue weighted by Crippen LogP contribution is 2.26. The number of nitrogens with two attached hydrogens (primary N) is 1. The van der Waals surface area contributed by atoms with E-state index in [9.17, 15) is 17.6 Å². The lowest BCUT2D eigenvalue weighted by Crippen LogP contribution is -2.45. The molecule has 0 bridgehead atoms. The second-order valence-electron chi connectivity index (χ2n) is 4.44. The minimum Gasteiger partial charge on any atom is -0.398 e. The van der Waals surface area contributed by atoms with Crippen LogP contribution in [0.3, 0.4) is 0 Å². The average Bonchev–Trinajstić information content (AvgIpc) is 2.39. The Morgan fingerprint density at radius 2 is 2.10 bits per heavy atom. The van der Waals surface area contributed by atoms with Crippen molar-refractivity contribution in [2.75, 3.05) is 12.3 Å². The van der Waals surface area contributed by atoms with E-state index in [-0.39, 0.29) is 10.2 Å². The van der Waals surface area contributed by atoms with Crippen LogP contribution in [0.5, 0.6) is 0 Å². The van der Waals surface area contributed by atoms with E-state index in [0.29, 0.717) is 6.54 Å². The third-order valence-electron chi connectivity index (χ3n) is 2.62. The largest absolute Gasteiger partial charge is 0.398 e. The van der Waals surface area contributed by atoms with Crippen LogP contribution in [-0.4, -0.2) is 26.9 Å². The fourth-order valence-electron chi connectivity index (χ4n) is 1.50. The molecule has 0 aliphatic heterocycles. The van der Waals surface area contributed by atoms with E-state index < -0.39 is 32.7 Å². The van der Waals surface area contributed by atoms with Crippen molar-refractivity contribution in [3.8, 4) is 0 Å². The molecule has 0 fully saturated rings. The van der Waals surface area contributed by atoms with Gasteiger partial charge in [-0.15, -0.1) is 0 Å². The SMILES string of the molecule is CCCNC(=O)C(C)NS(=O)(=O)c1cc(N)c(Br)cc1F. The first kappa shape index (κ1) is 17.9. The lowest BCUT2D eigenvalue weighted by atomic mass is 10.3. The number of carbonyl (C=O) groups is 1. The molecular weight excluding hydrogens is 365 g/mol. The minimum absolute atomic E-state index is 0.0832. The third-order valence-corrected chi connectivity index (χ3v) is 4.86. The number of nitrogens with one attached hydrogen (secondary N) is 2. The zero-order chi connectivity index (χ0) is 16.2. The van der Waals surface area contributed by atoms with Crippen molar-refractivity contribution < 1.29 is 17.6 Å². The van der Waals surface area contributed by atoms with Gasteiger partial charge in [-0.05, 0) is 41.4 Å². The molecule has 0 spiro atoms. The molecule has 0 saturated carbocycles. The van der Waals surface area contributed by atoms with Crippen LogP contribution in [0.2, 0.25) is 0 Å². The standard InChI is InChI=1S/C12H17BrFN3O3S/c1-3-4-16-12(18)7(2)17-21(19,20)11-6-10(15)8(13)5-9(11)14/h5-7,17H,3-4,15H2,1-2H3,(H,16,18). The fraction of sp³-hybridized carbons (Fsp3) is 0.417. The molecule has 0 aliphatic rings. The van der Waals surface area contributed by atoms with Gasteiger partial charge >= 0.3 is 0 Å². The number of sulfonamides is 1. The number of anilines is 1. The van der Waals surface area contributed by atoms with Gasteiger partial charge in [-0.2, -0.15) is 4.72 Å². The van der Waals surface area contributed by atoms with Crippen LogP contribution in [0.15, 0.2) is 21.5 Å². The molecule has 1 aromatic carbocycles. The number of hydrogen-bond donors (Lipinski definition) is 3. The number of amides is 1. The average molecular weight is 382 g/mol. The monoisotopic (exact) mass is 381 g/mol. The molecular formula is C12H17BrFN3O3S. The van der Waals surface area contributed by atoms with Crippen molar-refractivity contribution in [2.45, 2.75) is 31.2 Å². The molecule has 21 heavy (non-hydrogen) atoms. The van der Waals surface area contributed by atoms with Crippen LogP contribution >= 0.6 is 15.9 Å². The quantitative estimate of drug-likeness (QED) is 0.647. The predicted octanol–water partition coefficient (Wildman–Crippen LogP) is 1.36. The highest BCUT2D eigenvalue weighted by molar-refractivity contribution is 9.10. The predicted molar refractivity (Wildman–Crippen MR) is 81.6 cm³/mol. The topological polar surface area (TPSA) is 101 Å². The maximum absolute atomic E-state index is 13.8. The van der Waals surface area contributed by atoms with Crippen LogP contribution in [0, 0.1) is 5.82 Å². The molecule has 0 saturated heterocycles. The second-order valence-corrected chi connectivity index (χ2v) is 6.97. The Labute approximate surface area is 131 Å². The summed E-state index contributed by atoms with van der Waals surface area (Å²) in [5, 5.41) is 2.55. The van der Waals surface area contributed by atoms with E-state index >= 15 is 0 Å². The van der Waals surface area contributed by atoms with Gasteiger partial charge in [0, 0.05) is 16.7 Å². The van der Waals surface area contributed by atoms with Gasteiger partial charge < -0.3 is 11.1 Å². The van der Waals surface area contributed by atoms with Gasteiger partial charge in [0.15, 0.2) is 0 Å². The van der Waals surface area contributed by atoms with Gasteiger partial charge in [0.1, 0.15) is 10.7 Å². The first-order valence-electron chi connectivity index (χ1n) is 6.23. The van der Waals surface area contributed by atoms with Gasteiger partial charge in [-0.1, -0.05) is 6.92 Å². The first-order chi connectivity index (χ1) is 9.69. The summed E-state index contributed by atoms with van der Waals surface area (Å²) in [4.78, 5) is 11.1. The van der Waals surface area contributed by atoms with E-state index in [4.69, 9.17) is 5.73 Å². The normalized spacial score (nSPS) is 13.0. The molecule has 6 nitrogen and oxygen atoms in total. The number of benzene rings is 1. The molecule has 0 radical (unpaired) electrons. The summed E-state index contributed by atoms with van der Waals surface area (Å²) in [5.41, 5.74) is 5.64. The number of hydrogen-bond acceptors (Lipinski definition) is 4. The van der Waals surface area contributed by atoms with E-state index in [1.807, 2.05) is 6.92 Å². The lowest BCUT2D eigenvalue weighted by molar-refractivity contribution is -0.122. The number of halogens is 2. The van der Waals surface area contributed by atoms with Gasteiger partial charge in [0.2, 0.25) is 15.9 Å². The van der Waals surface area contributed by atoms with Gasteiger partial charge in [0.05, 0.1) is 6.04 Å². The molecule has 1 atom stereocenters. The summed E-state index contributed by atoms with van der Waals surface area (Å²) in [6, 6.07) is 0.940. The Morgan fingerprint density at radius 3 is 2.67 bits per heavy atom. The molecule has 1 rings (SSSR count). The van der Waals surface area contributed by atoms with Crippen LogP contribution in [0.1, 0.15) is 20.3 Å². The molecule has 4 N–H and O–H groups in total. The highest BCUT2D eigenvalue weighted by atomic mass is 79.9. The van der Waals surface area contributed by atoms with Crippen molar-refractivity contribution in [1.82, 2.24) is 10.0 Å². The minimum atomic E-state index is -4.19. The van der Waals surface area contributed by atoms with E-state index in [1.54, 1.807) is 0 Å². The summed E-state index contributed by atoms with van der Waals surface area (Å²) in [6.45, 7) is 3.68. The molecule has 0 aromatic heterocycles. The van der Waals surface area contributed by atoms with Crippen LogP contribution in [-0.2, 0) is 14.8 Å². The fourth-order valence-corrected chi connectivity index (χ4v) is 3.11. The Morgan fingerprint density at radius 1 is 1.48 bits per heavy atom. The van der Waals surface area contributed by atoms with Crippen molar-refractivity contribution in [2.24, 2.45) is 0 Å². The van der Waals surface area contributed by atoms with Crippen molar-refractivity contribution >= 4 is 37.5 Å². The molecule has 9 heteroatoms. The zero-order valence-corrected chi connectivity index (χ0v) is 14.0. The number of carbonyl (C=O) groups excluding carboxylic acids is 1. The first-order valence-corrected chi connectivity index (χ1v) is 8.51. The third kappa shape index (κ3) is 4.65. The summed E-state index contributed by atoms with van der Waals surface area (Å²) < 4.78 is 40.4. The smallest absolute Gasteiger partial charge is 0.244 e. The summed E-state index contributed by atoms with van der Waals surface area (Å²) in [6.07, 6.45) is 0.725. The van der Waals surface area contributed by atoms with Crippen molar-refractivity contribution in [3.63, 3.8) is 0 Å². The molecule has 0 heterocycles.